The SMILES string of the molecule is O=c1cc(CSC(=S)N2CCOCC2)c2ccc(F)cc2o1. The number of ether oxygens (including phenoxy) is 1. The van der Waals surface area contributed by atoms with Gasteiger partial charge < -0.3 is 14.1 Å². The average molecular weight is 339 g/mol. The number of hydrogen-bond donors (Lipinski definition) is 0. The van der Waals surface area contributed by atoms with Crippen LogP contribution in [0.1, 0.15) is 5.56 Å². The summed E-state index contributed by atoms with van der Waals surface area (Å²) in [6.45, 7) is 2.93. The molecule has 2 heterocycles. The van der Waals surface area contributed by atoms with Crippen LogP contribution < -0.4 is 5.63 Å². The smallest absolute Gasteiger partial charge is 0.336 e. The fourth-order valence-corrected chi connectivity index (χ4v) is 3.54. The molecule has 116 valence electrons. The number of halogens is 1. The van der Waals surface area contributed by atoms with Gasteiger partial charge in [-0.2, -0.15) is 0 Å². The molecule has 0 unspecified atom stereocenters. The summed E-state index contributed by atoms with van der Waals surface area (Å²) in [5.41, 5.74) is 0.582. The van der Waals surface area contributed by atoms with Gasteiger partial charge in [0.05, 0.1) is 13.2 Å². The van der Waals surface area contributed by atoms with E-state index in [0.717, 1.165) is 28.4 Å². The van der Waals surface area contributed by atoms with Gasteiger partial charge >= 0.3 is 5.63 Å². The zero-order chi connectivity index (χ0) is 15.5. The van der Waals surface area contributed by atoms with Gasteiger partial charge in [0, 0.05) is 36.4 Å². The van der Waals surface area contributed by atoms with Crippen LogP contribution in [0.25, 0.3) is 11.0 Å². The Morgan fingerprint density at radius 3 is 2.86 bits per heavy atom. The van der Waals surface area contributed by atoms with Crippen molar-refractivity contribution in [3.05, 3.63) is 46.1 Å². The van der Waals surface area contributed by atoms with Gasteiger partial charge in [0.1, 0.15) is 15.7 Å². The Bertz CT molecular complexity index is 756. The summed E-state index contributed by atoms with van der Waals surface area (Å²) in [5.74, 6) is 0.119. The van der Waals surface area contributed by atoms with E-state index in [1.807, 2.05) is 0 Å². The van der Waals surface area contributed by atoms with Gasteiger partial charge in [-0.3, -0.25) is 0 Å². The third-order valence-electron chi connectivity index (χ3n) is 3.41. The predicted octanol–water partition coefficient (Wildman–Crippen LogP) is 2.78. The molecule has 0 amide bonds. The molecule has 1 aliphatic heterocycles. The van der Waals surface area contributed by atoms with E-state index in [4.69, 9.17) is 21.4 Å². The van der Waals surface area contributed by atoms with Crippen molar-refractivity contribution >= 4 is 39.3 Å². The van der Waals surface area contributed by atoms with Crippen molar-refractivity contribution < 1.29 is 13.5 Å². The summed E-state index contributed by atoms with van der Waals surface area (Å²) in [6.07, 6.45) is 0. The van der Waals surface area contributed by atoms with Crippen LogP contribution in [0, 0.1) is 5.82 Å². The maximum Gasteiger partial charge on any atom is 0.336 e. The van der Waals surface area contributed by atoms with E-state index in [1.165, 1.54) is 30.0 Å². The molecule has 0 saturated carbocycles. The van der Waals surface area contributed by atoms with E-state index in [0.29, 0.717) is 19.0 Å². The van der Waals surface area contributed by atoms with Crippen LogP contribution in [0.15, 0.2) is 33.5 Å². The first-order valence-electron chi connectivity index (χ1n) is 6.85. The highest BCUT2D eigenvalue weighted by Crippen LogP contribution is 2.24. The molecule has 0 N–H and O–H groups in total. The minimum atomic E-state index is -0.481. The first kappa shape index (κ1) is 15.5. The fraction of sp³-hybridized carbons (Fsp3) is 0.333. The summed E-state index contributed by atoms with van der Waals surface area (Å²) in [7, 11) is 0. The highest BCUT2D eigenvalue weighted by Gasteiger charge is 2.15. The van der Waals surface area contributed by atoms with Gasteiger partial charge in [-0.05, 0) is 17.7 Å². The number of benzene rings is 1. The molecule has 1 aromatic heterocycles. The molecule has 0 atom stereocenters. The highest BCUT2D eigenvalue weighted by atomic mass is 32.2. The lowest BCUT2D eigenvalue weighted by Gasteiger charge is -2.28. The second-order valence-electron chi connectivity index (χ2n) is 4.89. The largest absolute Gasteiger partial charge is 0.423 e. The van der Waals surface area contributed by atoms with Gasteiger partial charge in [-0.25, -0.2) is 9.18 Å². The fourth-order valence-electron chi connectivity index (χ4n) is 2.30. The van der Waals surface area contributed by atoms with Crippen LogP contribution in [0.2, 0.25) is 0 Å². The Labute approximate surface area is 136 Å². The first-order chi connectivity index (χ1) is 10.6. The van der Waals surface area contributed by atoms with E-state index < -0.39 is 11.4 Å². The average Bonchev–Trinajstić information content (AvgIpc) is 2.52. The quantitative estimate of drug-likeness (QED) is 0.619. The van der Waals surface area contributed by atoms with Crippen LogP contribution in [-0.2, 0) is 10.5 Å². The number of hydrogen-bond acceptors (Lipinski definition) is 5. The molecular formula is C15H14FNO3S2. The number of thiocarbonyl (C=S) groups is 1. The van der Waals surface area contributed by atoms with E-state index in [-0.39, 0.29) is 5.58 Å². The van der Waals surface area contributed by atoms with Crippen LogP contribution in [0.3, 0.4) is 0 Å². The Morgan fingerprint density at radius 1 is 1.32 bits per heavy atom. The van der Waals surface area contributed by atoms with E-state index >= 15 is 0 Å². The molecule has 3 rings (SSSR count). The Hall–Kier alpha value is -1.44. The molecule has 4 nitrogen and oxygen atoms in total. The molecule has 0 bridgehead atoms. The number of thioether (sulfide) groups is 1. The van der Waals surface area contributed by atoms with Crippen LogP contribution >= 0.6 is 24.0 Å². The highest BCUT2D eigenvalue weighted by molar-refractivity contribution is 8.22. The molecule has 2 aromatic rings. The normalized spacial score (nSPS) is 15.2. The summed E-state index contributed by atoms with van der Waals surface area (Å²) >= 11 is 6.91. The molecule has 1 aromatic carbocycles. The number of rotatable bonds is 2. The van der Waals surface area contributed by atoms with Gasteiger partial charge in [-0.1, -0.05) is 24.0 Å². The summed E-state index contributed by atoms with van der Waals surface area (Å²) in [4.78, 5) is 13.7. The van der Waals surface area contributed by atoms with E-state index in [9.17, 15) is 9.18 Å². The molecule has 0 spiro atoms. The second-order valence-corrected chi connectivity index (χ2v) is 6.49. The lowest BCUT2D eigenvalue weighted by atomic mass is 10.1. The second kappa shape index (κ2) is 6.76. The molecule has 1 saturated heterocycles. The molecular weight excluding hydrogens is 325 g/mol. The van der Waals surface area contributed by atoms with Crippen molar-refractivity contribution in [2.45, 2.75) is 5.75 Å². The Kier molecular flexibility index (Phi) is 4.75. The topological polar surface area (TPSA) is 42.7 Å². The van der Waals surface area contributed by atoms with Crippen molar-refractivity contribution in [1.82, 2.24) is 4.90 Å². The van der Waals surface area contributed by atoms with Crippen molar-refractivity contribution in [1.29, 1.82) is 0 Å². The van der Waals surface area contributed by atoms with E-state index in [1.54, 1.807) is 6.07 Å². The molecule has 7 heteroatoms. The van der Waals surface area contributed by atoms with Crippen molar-refractivity contribution in [3.8, 4) is 0 Å². The standard InChI is InChI=1S/C15H14FNO3S2/c16-11-1-2-12-10(7-14(18)20-13(12)8-11)9-22-15(21)17-3-5-19-6-4-17/h1-2,7-8H,3-6,9H2. The number of nitrogens with zero attached hydrogens (tertiary/aromatic N) is 1. The molecule has 22 heavy (non-hydrogen) atoms. The summed E-state index contributed by atoms with van der Waals surface area (Å²) < 4.78 is 24.4. The van der Waals surface area contributed by atoms with Gasteiger partial charge in [0.25, 0.3) is 0 Å². The summed E-state index contributed by atoms with van der Waals surface area (Å²) in [5, 5.41) is 0.735. The Balaban J connectivity index is 1.78. The molecule has 0 radical (unpaired) electrons. The van der Waals surface area contributed by atoms with Crippen LogP contribution in [-0.4, -0.2) is 35.5 Å². The molecule has 0 aliphatic carbocycles. The minimum Gasteiger partial charge on any atom is -0.423 e. The third kappa shape index (κ3) is 3.48. The number of morpholine rings is 1. The minimum absolute atomic E-state index is 0.264. The third-order valence-corrected chi connectivity index (χ3v) is 4.98. The van der Waals surface area contributed by atoms with Crippen molar-refractivity contribution in [3.63, 3.8) is 0 Å². The summed E-state index contributed by atoms with van der Waals surface area (Å²) in [6, 6.07) is 5.65. The van der Waals surface area contributed by atoms with Crippen LogP contribution in [0.4, 0.5) is 4.39 Å². The zero-order valence-corrected chi connectivity index (χ0v) is 13.3. The van der Waals surface area contributed by atoms with Gasteiger partial charge in [-0.15, -0.1) is 0 Å². The van der Waals surface area contributed by atoms with E-state index in [2.05, 4.69) is 4.90 Å². The van der Waals surface area contributed by atoms with Crippen LogP contribution in [0.5, 0.6) is 0 Å². The number of fused-ring (bicyclic) bond motifs is 1. The maximum atomic E-state index is 13.3. The zero-order valence-electron chi connectivity index (χ0n) is 11.7. The van der Waals surface area contributed by atoms with Gasteiger partial charge in [0.2, 0.25) is 0 Å². The first-order valence-corrected chi connectivity index (χ1v) is 8.24. The Morgan fingerprint density at radius 2 is 2.09 bits per heavy atom. The monoisotopic (exact) mass is 339 g/mol. The van der Waals surface area contributed by atoms with Gasteiger partial charge in [0.15, 0.2) is 0 Å². The molecule has 1 aliphatic rings. The maximum absolute atomic E-state index is 13.3. The predicted molar refractivity (Wildman–Crippen MR) is 88.7 cm³/mol. The van der Waals surface area contributed by atoms with Crippen molar-refractivity contribution in [2.75, 3.05) is 26.3 Å². The lowest BCUT2D eigenvalue weighted by Crippen LogP contribution is -2.38. The van der Waals surface area contributed by atoms with Crippen molar-refractivity contribution in [2.24, 2.45) is 0 Å². The molecule has 1 fully saturated rings. The lowest BCUT2D eigenvalue weighted by molar-refractivity contribution is 0.0702.